The van der Waals surface area contributed by atoms with Gasteiger partial charge in [0, 0.05) is 10.9 Å². The van der Waals surface area contributed by atoms with Crippen LogP contribution in [0.15, 0.2) is 53.9 Å². The number of rotatable bonds is 5. The van der Waals surface area contributed by atoms with Gasteiger partial charge in [0.2, 0.25) is 5.91 Å². The molecule has 0 radical (unpaired) electrons. The number of carbonyl (C=O) groups is 1. The van der Waals surface area contributed by atoms with Gasteiger partial charge in [-0.2, -0.15) is 13.2 Å². The van der Waals surface area contributed by atoms with E-state index in [4.69, 9.17) is 11.6 Å². The standard InChI is InChI=1S/C18H13ClF3N3OS/c19-15-7-2-1-6-14(15)17-23-13(10-27-17)9-16(26)25-24-12-5-3-4-11(8-12)18(20,21)22/h1-8,10,24H,9H2,(H,25,26). The quantitative estimate of drug-likeness (QED) is 0.569. The highest BCUT2D eigenvalue weighted by Gasteiger charge is 2.30. The Hall–Kier alpha value is -2.58. The number of hydrogen-bond donors (Lipinski definition) is 2. The molecule has 1 amide bonds. The van der Waals surface area contributed by atoms with Crippen LogP contribution in [0.4, 0.5) is 18.9 Å². The van der Waals surface area contributed by atoms with Crippen LogP contribution in [-0.2, 0) is 17.4 Å². The number of carbonyl (C=O) groups excluding carboxylic acids is 1. The first-order valence-electron chi connectivity index (χ1n) is 7.74. The van der Waals surface area contributed by atoms with Gasteiger partial charge in [0.15, 0.2) is 0 Å². The molecule has 1 heterocycles. The van der Waals surface area contributed by atoms with Gasteiger partial charge in [-0.1, -0.05) is 35.9 Å². The summed E-state index contributed by atoms with van der Waals surface area (Å²) in [4.78, 5) is 16.4. The van der Waals surface area contributed by atoms with E-state index in [1.165, 1.54) is 23.5 Å². The Kier molecular flexibility index (Phi) is 5.67. The maximum atomic E-state index is 12.7. The second-order valence-electron chi connectivity index (χ2n) is 5.55. The topological polar surface area (TPSA) is 54.0 Å². The number of hydrogen-bond acceptors (Lipinski definition) is 4. The summed E-state index contributed by atoms with van der Waals surface area (Å²) in [5.74, 6) is -0.427. The smallest absolute Gasteiger partial charge is 0.299 e. The lowest BCUT2D eigenvalue weighted by molar-refractivity contribution is -0.137. The summed E-state index contributed by atoms with van der Waals surface area (Å²) in [5, 5.41) is 2.99. The van der Waals surface area contributed by atoms with E-state index in [1.807, 2.05) is 18.2 Å². The third-order valence-electron chi connectivity index (χ3n) is 3.53. The molecule has 3 rings (SSSR count). The Morgan fingerprint density at radius 3 is 2.67 bits per heavy atom. The van der Waals surface area contributed by atoms with Crippen LogP contribution in [0.25, 0.3) is 10.6 Å². The van der Waals surface area contributed by atoms with Crippen LogP contribution in [-0.4, -0.2) is 10.9 Å². The first-order chi connectivity index (χ1) is 12.8. The molecule has 27 heavy (non-hydrogen) atoms. The summed E-state index contributed by atoms with van der Waals surface area (Å²) >= 11 is 7.49. The Morgan fingerprint density at radius 2 is 1.93 bits per heavy atom. The Balaban J connectivity index is 1.60. The maximum Gasteiger partial charge on any atom is 0.416 e. The average molecular weight is 412 g/mol. The lowest BCUT2D eigenvalue weighted by Gasteiger charge is -2.11. The summed E-state index contributed by atoms with van der Waals surface area (Å²) < 4.78 is 38.1. The van der Waals surface area contributed by atoms with E-state index in [1.54, 1.807) is 11.4 Å². The zero-order valence-electron chi connectivity index (χ0n) is 13.7. The van der Waals surface area contributed by atoms with Gasteiger partial charge < -0.3 is 0 Å². The van der Waals surface area contributed by atoms with Crippen molar-refractivity contribution in [2.24, 2.45) is 0 Å². The largest absolute Gasteiger partial charge is 0.416 e. The maximum absolute atomic E-state index is 12.7. The number of aromatic nitrogens is 1. The highest BCUT2D eigenvalue weighted by atomic mass is 35.5. The molecule has 0 aliphatic rings. The molecule has 2 aromatic carbocycles. The molecule has 0 unspecified atom stereocenters. The molecule has 140 valence electrons. The molecule has 0 saturated heterocycles. The minimum Gasteiger partial charge on any atom is -0.299 e. The number of alkyl halides is 3. The van der Waals surface area contributed by atoms with Crippen molar-refractivity contribution in [3.8, 4) is 10.6 Å². The van der Waals surface area contributed by atoms with Crippen LogP contribution in [0.2, 0.25) is 5.02 Å². The van der Waals surface area contributed by atoms with Crippen molar-refractivity contribution in [1.29, 1.82) is 0 Å². The average Bonchev–Trinajstić information content (AvgIpc) is 3.08. The SMILES string of the molecule is O=C(Cc1csc(-c2ccccc2Cl)n1)NNc1cccc(C(F)(F)F)c1. The third kappa shape index (κ3) is 4.99. The van der Waals surface area contributed by atoms with Crippen LogP contribution < -0.4 is 10.9 Å². The molecular weight excluding hydrogens is 399 g/mol. The normalized spacial score (nSPS) is 11.3. The van der Waals surface area contributed by atoms with Gasteiger partial charge in [0.25, 0.3) is 0 Å². The monoisotopic (exact) mass is 411 g/mol. The van der Waals surface area contributed by atoms with Gasteiger partial charge in [0.1, 0.15) is 5.01 Å². The van der Waals surface area contributed by atoms with Crippen LogP contribution in [0, 0.1) is 0 Å². The van der Waals surface area contributed by atoms with E-state index >= 15 is 0 Å². The number of anilines is 1. The van der Waals surface area contributed by atoms with Crippen molar-refractivity contribution < 1.29 is 18.0 Å². The fraction of sp³-hybridized carbons (Fsp3) is 0.111. The van der Waals surface area contributed by atoms with Gasteiger partial charge in [-0.05, 0) is 24.3 Å². The van der Waals surface area contributed by atoms with Crippen molar-refractivity contribution in [1.82, 2.24) is 10.4 Å². The van der Waals surface area contributed by atoms with E-state index in [9.17, 15) is 18.0 Å². The molecule has 2 N–H and O–H groups in total. The minimum atomic E-state index is -4.45. The zero-order chi connectivity index (χ0) is 19.4. The molecule has 3 aromatic rings. The Morgan fingerprint density at radius 1 is 1.15 bits per heavy atom. The van der Waals surface area contributed by atoms with Gasteiger partial charge >= 0.3 is 6.18 Å². The fourth-order valence-electron chi connectivity index (χ4n) is 2.27. The molecule has 0 fully saturated rings. The number of nitrogens with zero attached hydrogens (tertiary/aromatic N) is 1. The van der Waals surface area contributed by atoms with E-state index < -0.39 is 17.6 Å². The summed E-state index contributed by atoms with van der Waals surface area (Å²) in [7, 11) is 0. The van der Waals surface area contributed by atoms with Gasteiger partial charge in [0.05, 0.1) is 28.4 Å². The Bertz CT molecular complexity index is 959. The van der Waals surface area contributed by atoms with Crippen molar-refractivity contribution in [2.45, 2.75) is 12.6 Å². The van der Waals surface area contributed by atoms with Crippen molar-refractivity contribution >= 4 is 34.5 Å². The molecule has 0 aliphatic heterocycles. The number of amides is 1. The van der Waals surface area contributed by atoms with Crippen LogP contribution in [0.5, 0.6) is 0 Å². The first-order valence-corrected chi connectivity index (χ1v) is 9.00. The number of hydrazine groups is 1. The molecule has 4 nitrogen and oxygen atoms in total. The predicted octanol–water partition coefficient (Wildman–Crippen LogP) is 5.17. The number of halogens is 4. The fourth-order valence-corrected chi connectivity index (χ4v) is 3.41. The highest BCUT2D eigenvalue weighted by molar-refractivity contribution is 7.13. The van der Waals surface area contributed by atoms with Crippen molar-refractivity contribution in [3.05, 3.63) is 70.2 Å². The van der Waals surface area contributed by atoms with Crippen molar-refractivity contribution in [2.75, 3.05) is 5.43 Å². The summed E-state index contributed by atoms with van der Waals surface area (Å²) in [6.07, 6.45) is -4.47. The van der Waals surface area contributed by atoms with Gasteiger partial charge in [-0.25, -0.2) is 4.98 Å². The second kappa shape index (κ2) is 7.98. The Labute approximate surface area is 162 Å². The lowest BCUT2D eigenvalue weighted by atomic mass is 10.2. The van der Waals surface area contributed by atoms with Crippen LogP contribution >= 0.6 is 22.9 Å². The molecule has 1 aromatic heterocycles. The summed E-state index contributed by atoms with van der Waals surface area (Å²) in [5.41, 5.74) is 5.50. The van der Waals surface area contributed by atoms with E-state index in [2.05, 4.69) is 15.8 Å². The van der Waals surface area contributed by atoms with Crippen LogP contribution in [0.1, 0.15) is 11.3 Å². The second-order valence-corrected chi connectivity index (χ2v) is 6.82. The molecule has 0 bridgehead atoms. The van der Waals surface area contributed by atoms with Gasteiger partial charge in [-0.15, -0.1) is 11.3 Å². The summed E-state index contributed by atoms with van der Waals surface area (Å²) in [6, 6.07) is 11.8. The number of nitrogens with one attached hydrogen (secondary N) is 2. The molecule has 9 heteroatoms. The first kappa shape index (κ1) is 19.2. The molecule has 0 aliphatic carbocycles. The van der Waals surface area contributed by atoms with E-state index in [0.29, 0.717) is 15.7 Å². The predicted molar refractivity (Wildman–Crippen MR) is 99.5 cm³/mol. The third-order valence-corrected chi connectivity index (χ3v) is 4.79. The molecule has 0 saturated carbocycles. The van der Waals surface area contributed by atoms with Crippen LogP contribution in [0.3, 0.4) is 0 Å². The molecule has 0 spiro atoms. The van der Waals surface area contributed by atoms with Crippen molar-refractivity contribution in [3.63, 3.8) is 0 Å². The lowest BCUT2D eigenvalue weighted by Crippen LogP contribution is -2.30. The van der Waals surface area contributed by atoms with E-state index in [-0.39, 0.29) is 12.1 Å². The highest BCUT2D eigenvalue weighted by Crippen LogP contribution is 2.31. The van der Waals surface area contributed by atoms with Gasteiger partial charge in [-0.3, -0.25) is 15.6 Å². The van der Waals surface area contributed by atoms with E-state index in [0.717, 1.165) is 17.7 Å². The number of benzene rings is 2. The zero-order valence-corrected chi connectivity index (χ0v) is 15.3. The number of thiazole rings is 1. The minimum absolute atomic E-state index is 0.0209. The molecular formula is C18H13ClF3N3OS. The molecule has 0 atom stereocenters. The summed E-state index contributed by atoms with van der Waals surface area (Å²) in [6.45, 7) is 0.